The summed E-state index contributed by atoms with van der Waals surface area (Å²) in [5.74, 6) is 0.0507. The van der Waals surface area contributed by atoms with Crippen LogP contribution in [0.25, 0.3) is 27.8 Å². The van der Waals surface area contributed by atoms with E-state index in [2.05, 4.69) is 26.9 Å². The van der Waals surface area contributed by atoms with E-state index in [4.69, 9.17) is 0 Å². The van der Waals surface area contributed by atoms with Gasteiger partial charge in [-0.1, -0.05) is 0 Å². The second-order valence-electron chi connectivity index (χ2n) is 7.03. The molecule has 0 radical (unpaired) electrons. The standard InChI is InChI=1S/C20H20N6O/c1-24-6-8-25(9-7-24)20(27)15-10-16-17(12-23-19(16)22-11-15)14-2-3-18-21-4-5-26(18)13-14/h2-5,10-13H,6-9H2,1H3,(H,22,23). The van der Waals surface area contributed by atoms with Crippen molar-refractivity contribution in [3.8, 4) is 11.1 Å². The molecule has 1 fully saturated rings. The average Bonchev–Trinajstić information content (AvgIpc) is 3.33. The Hall–Kier alpha value is -3.19. The smallest absolute Gasteiger partial charge is 0.255 e. The number of hydrogen-bond donors (Lipinski definition) is 1. The molecule has 0 aliphatic carbocycles. The number of hydrogen-bond acceptors (Lipinski definition) is 4. The van der Waals surface area contributed by atoms with Crippen molar-refractivity contribution in [2.75, 3.05) is 33.2 Å². The maximum atomic E-state index is 12.9. The summed E-state index contributed by atoms with van der Waals surface area (Å²) >= 11 is 0. The van der Waals surface area contributed by atoms with E-state index in [1.807, 2.05) is 46.1 Å². The minimum atomic E-state index is 0.0507. The third kappa shape index (κ3) is 2.76. The first kappa shape index (κ1) is 16.0. The zero-order valence-electron chi connectivity index (χ0n) is 15.1. The number of piperazine rings is 1. The van der Waals surface area contributed by atoms with E-state index in [0.717, 1.165) is 54.0 Å². The van der Waals surface area contributed by atoms with Crippen LogP contribution < -0.4 is 0 Å². The van der Waals surface area contributed by atoms with Crippen molar-refractivity contribution >= 4 is 22.6 Å². The van der Waals surface area contributed by atoms with Gasteiger partial charge in [0.15, 0.2) is 0 Å². The number of pyridine rings is 2. The molecule has 7 heteroatoms. The lowest BCUT2D eigenvalue weighted by Crippen LogP contribution is -2.47. The summed E-state index contributed by atoms with van der Waals surface area (Å²) in [4.78, 5) is 29.0. The Morgan fingerprint density at radius 2 is 2.00 bits per heavy atom. The number of amides is 1. The van der Waals surface area contributed by atoms with Crippen LogP contribution in [0.5, 0.6) is 0 Å². The molecule has 5 rings (SSSR count). The minimum Gasteiger partial charge on any atom is -0.346 e. The van der Waals surface area contributed by atoms with Crippen LogP contribution in [0.1, 0.15) is 10.4 Å². The van der Waals surface area contributed by atoms with Gasteiger partial charge in [-0.2, -0.15) is 0 Å². The zero-order valence-corrected chi connectivity index (χ0v) is 15.1. The first-order valence-electron chi connectivity index (χ1n) is 9.07. The summed E-state index contributed by atoms with van der Waals surface area (Å²) < 4.78 is 1.99. The fourth-order valence-electron chi connectivity index (χ4n) is 3.63. The highest BCUT2D eigenvalue weighted by molar-refractivity contribution is 6.01. The third-order valence-corrected chi connectivity index (χ3v) is 5.27. The molecular formula is C20H20N6O. The number of H-pyrrole nitrogens is 1. The van der Waals surface area contributed by atoms with Crippen LogP contribution in [0, 0.1) is 0 Å². The molecule has 7 nitrogen and oxygen atoms in total. The topological polar surface area (TPSA) is 69.5 Å². The van der Waals surface area contributed by atoms with Crippen LogP contribution in [-0.4, -0.2) is 68.3 Å². The van der Waals surface area contributed by atoms with E-state index in [-0.39, 0.29) is 5.91 Å². The highest BCUT2D eigenvalue weighted by atomic mass is 16.2. The van der Waals surface area contributed by atoms with Gasteiger partial charge >= 0.3 is 0 Å². The molecule has 0 spiro atoms. The number of nitrogens with one attached hydrogen (secondary N) is 1. The monoisotopic (exact) mass is 360 g/mol. The zero-order chi connectivity index (χ0) is 18.4. The highest BCUT2D eigenvalue weighted by Gasteiger charge is 2.21. The number of imidazole rings is 1. The lowest BCUT2D eigenvalue weighted by molar-refractivity contribution is 0.0664. The van der Waals surface area contributed by atoms with Crippen molar-refractivity contribution < 1.29 is 4.79 Å². The Labute approximate surface area is 156 Å². The van der Waals surface area contributed by atoms with Crippen LogP contribution in [0.3, 0.4) is 0 Å². The fraction of sp³-hybridized carbons (Fsp3) is 0.250. The number of aromatic amines is 1. The van der Waals surface area contributed by atoms with Gasteiger partial charge in [0.2, 0.25) is 0 Å². The minimum absolute atomic E-state index is 0.0507. The summed E-state index contributed by atoms with van der Waals surface area (Å²) in [6.45, 7) is 3.32. The first-order chi connectivity index (χ1) is 13.2. The molecule has 136 valence electrons. The number of nitrogens with zero attached hydrogens (tertiary/aromatic N) is 5. The van der Waals surface area contributed by atoms with E-state index in [1.165, 1.54) is 0 Å². The van der Waals surface area contributed by atoms with Gasteiger partial charge in [-0.15, -0.1) is 0 Å². The summed E-state index contributed by atoms with van der Waals surface area (Å²) in [5, 5.41) is 0.953. The van der Waals surface area contributed by atoms with Gasteiger partial charge < -0.3 is 19.2 Å². The number of fused-ring (bicyclic) bond motifs is 2. The summed E-state index contributed by atoms with van der Waals surface area (Å²) in [6.07, 6.45) is 9.36. The molecule has 27 heavy (non-hydrogen) atoms. The molecule has 4 aromatic heterocycles. The molecule has 1 amide bonds. The second-order valence-corrected chi connectivity index (χ2v) is 7.03. The Morgan fingerprint density at radius 1 is 1.15 bits per heavy atom. The molecule has 1 aliphatic rings. The van der Waals surface area contributed by atoms with E-state index in [9.17, 15) is 4.79 Å². The fourth-order valence-corrected chi connectivity index (χ4v) is 3.63. The van der Waals surface area contributed by atoms with Crippen LogP contribution in [0.2, 0.25) is 0 Å². The number of likely N-dealkylation sites (N-methyl/N-ethyl adjacent to an activating group) is 1. The quantitative estimate of drug-likeness (QED) is 0.595. The van der Waals surface area contributed by atoms with Crippen molar-refractivity contribution in [3.05, 3.63) is 54.7 Å². The number of rotatable bonds is 2. The maximum Gasteiger partial charge on any atom is 0.255 e. The molecule has 0 unspecified atom stereocenters. The maximum absolute atomic E-state index is 12.9. The molecule has 0 saturated carbocycles. The van der Waals surface area contributed by atoms with Gasteiger partial charge in [-0.25, -0.2) is 9.97 Å². The molecule has 1 saturated heterocycles. The van der Waals surface area contributed by atoms with Gasteiger partial charge in [-0.05, 0) is 25.2 Å². The van der Waals surface area contributed by atoms with Crippen molar-refractivity contribution in [1.29, 1.82) is 0 Å². The van der Waals surface area contributed by atoms with Gasteiger partial charge in [0.1, 0.15) is 11.3 Å². The molecule has 0 bridgehead atoms. The van der Waals surface area contributed by atoms with E-state index < -0.39 is 0 Å². The summed E-state index contributed by atoms with van der Waals surface area (Å²) in [6, 6.07) is 5.98. The molecular weight excluding hydrogens is 340 g/mol. The van der Waals surface area contributed by atoms with Crippen LogP contribution >= 0.6 is 0 Å². The highest BCUT2D eigenvalue weighted by Crippen LogP contribution is 2.28. The van der Waals surface area contributed by atoms with Gasteiger partial charge in [0.05, 0.1) is 5.56 Å². The van der Waals surface area contributed by atoms with Gasteiger partial charge in [-0.3, -0.25) is 4.79 Å². The van der Waals surface area contributed by atoms with E-state index in [1.54, 1.807) is 12.4 Å². The first-order valence-corrected chi connectivity index (χ1v) is 9.07. The molecule has 0 aromatic carbocycles. The van der Waals surface area contributed by atoms with E-state index >= 15 is 0 Å². The second kappa shape index (κ2) is 6.21. The van der Waals surface area contributed by atoms with Crippen LogP contribution in [-0.2, 0) is 0 Å². The van der Waals surface area contributed by atoms with E-state index in [0.29, 0.717) is 5.56 Å². The van der Waals surface area contributed by atoms with Gasteiger partial charge in [0.25, 0.3) is 5.91 Å². The lowest BCUT2D eigenvalue weighted by atomic mass is 10.1. The summed E-state index contributed by atoms with van der Waals surface area (Å²) in [5.41, 5.74) is 4.41. The largest absolute Gasteiger partial charge is 0.346 e. The van der Waals surface area contributed by atoms with Crippen LogP contribution in [0.15, 0.2) is 49.2 Å². The predicted molar refractivity (Wildman–Crippen MR) is 104 cm³/mol. The average molecular weight is 360 g/mol. The Morgan fingerprint density at radius 3 is 2.85 bits per heavy atom. The van der Waals surface area contributed by atoms with Gasteiger partial charge in [0, 0.05) is 73.7 Å². The third-order valence-electron chi connectivity index (χ3n) is 5.27. The lowest BCUT2D eigenvalue weighted by Gasteiger charge is -2.32. The summed E-state index contributed by atoms with van der Waals surface area (Å²) in [7, 11) is 2.08. The van der Waals surface area contributed by atoms with Crippen LogP contribution in [0.4, 0.5) is 0 Å². The normalized spacial score (nSPS) is 15.7. The Kier molecular flexibility index (Phi) is 3.68. The molecule has 4 aromatic rings. The molecule has 1 N–H and O–H groups in total. The van der Waals surface area contributed by atoms with Crippen molar-refractivity contribution in [2.24, 2.45) is 0 Å². The molecule has 5 heterocycles. The number of aromatic nitrogens is 4. The van der Waals surface area contributed by atoms with Crippen molar-refractivity contribution in [1.82, 2.24) is 29.2 Å². The Balaban J connectivity index is 1.53. The SMILES string of the molecule is CN1CCN(C(=O)c2cnc3[nH]cc(-c4ccc5nccn5c4)c3c2)CC1. The number of carbonyl (C=O) groups is 1. The van der Waals surface area contributed by atoms with Crippen molar-refractivity contribution in [3.63, 3.8) is 0 Å². The predicted octanol–water partition coefficient (Wildman–Crippen LogP) is 2.27. The van der Waals surface area contributed by atoms with Crippen molar-refractivity contribution in [2.45, 2.75) is 0 Å². The Bertz CT molecular complexity index is 1140. The molecule has 1 aliphatic heterocycles. The number of carbonyl (C=O) groups excluding carboxylic acids is 1. The molecule has 0 atom stereocenters.